The fourth-order valence-electron chi connectivity index (χ4n) is 4.83. The highest BCUT2D eigenvalue weighted by Crippen LogP contribution is 2.39. The molecule has 0 aliphatic carbocycles. The quantitative estimate of drug-likeness (QED) is 0.679. The number of likely N-dealkylation sites (tertiary alicyclic amines) is 2. The van der Waals surface area contributed by atoms with Gasteiger partial charge in [-0.05, 0) is 42.7 Å². The Bertz CT molecular complexity index is 996. The zero-order valence-corrected chi connectivity index (χ0v) is 18.4. The van der Waals surface area contributed by atoms with E-state index in [4.69, 9.17) is 16.3 Å². The summed E-state index contributed by atoms with van der Waals surface area (Å²) in [6.45, 7) is 1.16. The molecular formula is C23H26ClN3O4. The second-order valence-electron chi connectivity index (χ2n) is 8.16. The van der Waals surface area contributed by atoms with E-state index in [-0.39, 0.29) is 36.3 Å². The number of carbonyl (C=O) groups is 3. The van der Waals surface area contributed by atoms with E-state index < -0.39 is 5.92 Å². The summed E-state index contributed by atoms with van der Waals surface area (Å²) in [6, 6.07) is 10.8. The maximum Gasteiger partial charge on any atom is 0.354 e. The number of hydrogen-bond donors (Lipinski definition) is 0. The van der Waals surface area contributed by atoms with Crippen LogP contribution in [0, 0.1) is 5.92 Å². The maximum atomic E-state index is 13.4. The summed E-state index contributed by atoms with van der Waals surface area (Å²) < 4.78 is 6.80. The first kappa shape index (κ1) is 21.4. The Morgan fingerprint density at radius 3 is 2.55 bits per heavy atom. The van der Waals surface area contributed by atoms with E-state index in [1.54, 1.807) is 24.1 Å². The van der Waals surface area contributed by atoms with Gasteiger partial charge in [-0.15, -0.1) is 0 Å². The Morgan fingerprint density at radius 1 is 1.13 bits per heavy atom. The van der Waals surface area contributed by atoms with E-state index in [2.05, 4.69) is 0 Å². The van der Waals surface area contributed by atoms with Crippen LogP contribution in [0.5, 0.6) is 0 Å². The van der Waals surface area contributed by atoms with Gasteiger partial charge in [-0.25, -0.2) is 4.79 Å². The SMILES string of the molecule is COC(=O)c1cccn1C1CCN(C(=O)C2CC(=O)N(C)C2c2cccc(Cl)c2)CC1. The molecular weight excluding hydrogens is 418 g/mol. The van der Waals surface area contributed by atoms with Crippen LogP contribution in [0.3, 0.4) is 0 Å². The molecule has 2 amide bonds. The zero-order chi connectivity index (χ0) is 22.1. The van der Waals surface area contributed by atoms with Crippen molar-refractivity contribution in [2.75, 3.05) is 27.2 Å². The predicted octanol–water partition coefficient (Wildman–Crippen LogP) is 3.31. The number of methoxy groups -OCH3 is 1. The number of amides is 2. The van der Waals surface area contributed by atoms with Crippen LogP contribution < -0.4 is 0 Å². The molecule has 0 bridgehead atoms. The van der Waals surface area contributed by atoms with E-state index in [9.17, 15) is 14.4 Å². The first-order valence-electron chi connectivity index (χ1n) is 10.5. The van der Waals surface area contributed by atoms with Gasteiger partial charge in [0.1, 0.15) is 5.69 Å². The second-order valence-corrected chi connectivity index (χ2v) is 8.60. The number of halogens is 1. The molecule has 4 rings (SSSR count). The lowest BCUT2D eigenvalue weighted by molar-refractivity contribution is -0.137. The molecule has 2 fully saturated rings. The Morgan fingerprint density at radius 2 is 1.87 bits per heavy atom. The molecule has 2 aromatic rings. The van der Waals surface area contributed by atoms with E-state index >= 15 is 0 Å². The minimum atomic E-state index is -0.426. The van der Waals surface area contributed by atoms with Gasteiger partial charge in [0.15, 0.2) is 0 Å². The maximum absolute atomic E-state index is 13.4. The number of rotatable bonds is 4. The largest absolute Gasteiger partial charge is 0.464 e. The molecule has 1 aromatic carbocycles. The lowest BCUT2D eigenvalue weighted by Gasteiger charge is -2.36. The van der Waals surface area contributed by atoms with Gasteiger partial charge < -0.3 is 19.1 Å². The molecule has 0 radical (unpaired) electrons. The second kappa shape index (κ2) is 8.75. The van der Waals surface area contributed by atoms with Crippen molar-refractivity contribution in [3.63, 3.8) is 0 Å². The van der Waals surface area contributed by atoms with Gasteiger partial charge in [0, 0.05) is 43.8 Å². The third-order valence-electron chi connectivity index (χ3n) is 6.44. The van der Waals surface area contributed by atoms with Gasteiger partial charge in [-0.1, -0.05) is 23.7 Å². The highest BCUT2D eigenvalue weighted by molar-refractivity contribution is 6.30. The topological polar surface area (TPSA) is 71.8 Å². The predicted molar refractivity (Wildman–Crippen MR) is 116 cm³/mol. The molecule has 2 saturated heterocycles. The standard InChI is InChI=1S/C23H26ClN3O4/c1-25-20(28)14-18(21(25)15-5-3-6-16(24)13-15)22(29)26-11-8-17(9-12-26)27-10-4-7-19(27)23(30)31-2/h3-7,10,13,17-18,21H,8-9,11-12,14H2,1-2H3. The third-order valence-corrected chi connectivity index (χ3v) is 6.67. The van der Waals surface area contributed by atoms with E-state index in [0.29, 0.717) is 23.8 Å². The molecule has 3 heterocycles. The van der Waals surface area contributed by atoms with Gasteiger partial charge >= 0.3 is 5.97 Å². The number of nitrogens with zero attached hydrogens (tertiary/aromatic N) is 3. The number of esters is 1. The van der Waals surface area contributed by atoms with Crippen molar-refractivity contribution in [2.24, 2.45) is 5.92 Å². The fourth-order valence-corrected chi connectivity index (χ4v) is 5.02. The minimum Gasteiger partial charge on any atom is -0.464 e. The first-order chi connectivity index (χ1) is 14.9. The van der Waals surface area contributed by atoms with Crippen molar-refractivity contribution in [1.29, 1.82) is 0 Å². The zero-order valence-electron chi connectivity index (χ0n) is 17.7. The van der Waals surface area contributed by atoms with Crippen LogP contribution in [0.4, 0.5) is 0 Å². The van der Waals surface area contributed by atoms with Crippen LogP contribution >= 0.6 is 11.6 Å². The average molecular weight is 444 g/mol. The van der Waals surface area contributed by atoms with Crippen molar-refractivity contribution in [2.45, 2.75) is 31.3 Å². The van der Waals surface area contributed by atoms with Crippen LogP contribution in [0.15, 0.2) is 42.6 Å². The summed E-state index contributed by atoms with van der Waals surface area (Å²) in [5.41, 5.74) is 1.40. The monoisotopic (exact) mass is 443 g/mol. The lowest BCUT2D eigenvalue weighted by atomic mass is 9.91. The van der Waals surface area contributed by atoms with Gasteiger partial charge in [0.2, 0.25) is 11.8 Å². The van der Waals surface area contributed by atoms with E-state index in [1.165, 1.54) is 7.11 Å². The molecule has 0 N–H and O–H groups in total. The molecule has 2 aliphatic heterocycles. The molecule has 2 aliphatic rings. The van der Waals surface area contributed by atoms with Crippen molar-refractivity contribution in [3.05, 3.63) is 58.9 Å². The van der Waals surface area contributed by atoms with Gasteiger partial charge in [-0.3, -0.25) is 9.59 Å². The fraction of sp³-hybridized carbons (Fsp3) is 0.435. The molecule has 0 saturated carbocycles. The van der Waals surface area contributed by atoms with Gasteiger partial charge in [0.25, 0.3) is 0 Å². The number of ether oxygens (including phenoxy) is 1. The summed E-state index contributed by atoms with van der Waals surface area (Å²) in [5, 5.41) is 0.588. The summed E-state index contributed by atoms with van der Waals surface area (Å²) in [4.78, 5) is 41.4. The Hall–Kier alpha value is -2.80. The van der Waals surface area contributed by atoms with Crippen LogP contribution in [0.25, 0.3) is 0 Å². The van der Waals surface area contributed by atoms with Crippen LogP contribution in [0.1, 0.15) is 47.4 Å². The number of benzene rings is 1. The number of piperidine rings is 1. The Labute approximate surface area is 186 Å². The molecule has 2 unspecified atom stereocenters. The third kappa shape index (κ3) is 4.06. The van der Waals surface area contributed by atoms with Gasteiger partial charge in [-0.2, -0.15) is 0 Å². The first-order valence-corrected chi connectivity index (χ1v) is 10.8. The highest BCUT2D eigenvalue weighted by atomic mass is 35.5. The number of aromatic nitrogens is 1. The van der Waals surface area contributed by atoms with Crippen molar-refractivity contribution in [1.82, 2.24) is 14.4 Å². The number of hydrogen-bond acceptors (Lipinski definition) is 4. The highest BCUT2D eigenvalue weighted by Gasteiger charge is 2.44. The van der Waals surface area contributed by atoms with E-state index in [1.807, 2.05) is 39.9 Å². The number of carbonyl (C=O) groups excluding carboxylic acids is 3. The van der Waals surface area contributed by atoms with Crippen LogP contribution in [-0.2, 0) is 14.3 Å². The lowest BCUT2D eigenvalue weighted by Crippen LogP contribution is -2.43. The van der Waals surface area contributed by atoms with Crippen molar-refractivity contribution in [3.8, 4) is 0 Å². The normalized spacial score (nSPS) is 22.1. The molecule has 2 atom stereocenters. The smallest absolute Gasteiger partial charge is 0.354 e. The summed E-state index contributed by atoms with van der Waals surface area (Å²) >= 11 is 6.16. The van der Waals surface area contributed by atoms with E-state index in [0.717, 1.165) is 18.4 Å². The van der Waals surface area contributed by atoms with Crippen LogP contribution in [0.2, 0.25) is 5.02 Å². The molecule has 0 spiro atoms. The molecule has 7 nitrogen and oxygen atoms in total. The minimum absolute atomic E-state index is 0.00169. The van der Waals surface area contributed by atoms with Gasteiger partial charge in [0.05, 0.1) is 19.1 Å². The summed E-state index contributed by atoms with van der Waals surface area (Å²) in [7, 11) is 3.12. The summed E-state index contributed by atoms with van der Waals surface area (Å²) in [5.74, 6) is -0.819. The van der Waals surface area contributed by atoms with Crippen LogP contribution in [-0.4, -0.2) is 59.4 Å². The van der Waals surface area contributed by atoms with Crippen molar-refractivity contribution < 1.29 is 19.1 Å². The average Bonchev–Trinajstić information content (AvgIpc) is 3.38. The molecule has 8 heteroatoms. The van der Waals surface area contributed by atoms with Crippen molar-refractivity contribution >= 4 is 29.4 Å². The Balaban J connectivity index is 1.47. The molecule has 31 heavy (non-hydrogen) atoms. The summed E-state index contributed by atoms with van der Waals surface area (Å²) in [6.07, 6.45) is 3.57. The molecule has 164 valence electrons. The molecule has 1 aromatic heterocycles. The Kier molecular flexibility index (Phi) is 6.05.